The number of carbonyl (C=O) groups is 1. The van der Waals surface area contributed by atoms with Gasteiger partial charge in [-0.3, -0.25) is 9.79 Å². The minimum atomic E-state index is -0.0891. The Morgan fingerprint density at radius 2 is 1.73 bits per heavy atom. The molecule has 30 heavy (non-hydrogen) atoms. The summed E-state index contributed by atoms with van der Waals surface area (Å²) in [5, 5.41) is 3.41. The fourth-order valence-electron chi connectivity index (χ4n) is 3.54. The Morgan fingerprint density at radius 3 is 2.20 bits per heavy atom. The van der Waals surface area contributed by atoms with Gasteiger partial charge < -0.3 is 29.2 Å². The van der Waals surface area contributed by atoms with E-state index >= 15 is 0 Å². The third kappa shape index (κ3) is 6.82. The van der Waals surface area contributed by atoms with E-state index in [0.29, 0.717) is 25.3 Å². The number of benzene rings is 1. The van der Waals surface area contributed by atoms with Crippen molar-refractivity contribution in [3.63, 3.8) is 0 Å². The van der Waals surface area contributed by atoms with E-state index in [1.54, 1.807) is 28.4 Å². The predicted octanol–water partition coefficient (Wildman–Crippen LogP) is 2.72. The lowest BCUT2D eigenvalue weighted by Crippen LogP contribution is -2.47. The summed E-state index contributed by atoms with van der Waals surface area (Å²) in [6.45, 7) is 4.49. The summed E-state index contributed by atoms with van der Waals surface area (Å²) in [5.74, 6) is 2.88. The van der Waals surface area contributed by atoms with E-state index in [4.69, 9.17) is 18.9 Å². The third-order valence-electron chi connectivity index (χ3n) is 5.10. The van der Waals surface area contributed by atoms with Crippen molar-refractivity contribution in [2.75, 3.05) is 54.6 Å². The normalized spacial score (nSPS) is 14.6. The SMILES string of the molecule is CCOC(=O)C1CCN(C(=NC)NCCc2c(OC)cc(OC)cc2OC)CC1.I. The van der Waals surface area contributed by atoms with Crippen LogP contribution >= 0.6 is 24.0 Å². The van der Waals surface area contributed by atoms with Crippen LogP contribution in [0.3, 0.4) is 0 Å². The Bertz CT molecular complexity index is 681. The van der Waals surface area contributed by atoms with Crippen molar-refractivity contribution in [2.45, 2.75) is 26.2 Å². The van der Waals surface area contributed by atoms with Crippen LogP contribution in [0.4, 0.5) is 0 Å². The molecule has 8 nitrogen and oxygen atoms in total. The van der Waals surface area contributed by atoms with Gasteiger partial charge in [-0.1, -0.05) is 0 Å². The maximum atomic E-state index is 11.9. The summed E-state index contributed by atoms with van der Waals surface area (Å²) in [6, 6.07) is 3.71. The highest BCUT2D eigenvalue weighted by Crippen LogP contribution is 2.34. The van der Waals surface area contributed by atoms with E-state index in [2.05, 4.69) is 15.2 Å². The van der Waals surface area contributed by atoms with E-state index in [1.807, 2.05) is 19.1 Å². The zero-order valence-corrected chi connectivity index (χ0v) is 20.9. The Morgan fingerprint density at radius 1 is 1.13 bits per heavy atom. The van der Waals surface area contributed by atoms with Crippen molar-refractivity contribution in [2.24, 2.45) is 10.9 Å². The van der Waals surface area contributed by atoms with Crippen LogP contribution in [0, 0.1) is 5.92 Å². The second-order valence-corrected chi connectivity index (χ2v) is 6.75. The molecule has 1 fully saturated rings. The molecule has 1 aromatic carbocycles. The van der Waals surface area contributed by atoms with Crippen molar-refractivity contribution in [3.8, 4) is 17.2 Å². The summed E-state index contributed by atoms with van der Waals surface area (Å²) < 4.78 is 21.5. The largest absolute Gasteiger partial charge is 0.496 e. The molecule has 1 heterocycles. The summed E-state index contributed by atoms with van der Waals surface area (Å²) in [6.07, 6.45) is 2.26. The van der Waals surface area contributed by atoms with Crippen LogP contribution < -0.4 is 19.5 Å². The van der Waals surface area contributed by atoms with Crippen LogP contribution in [0.2, 0.25) is 0 Å². The molecule has 0 amide bonds. The highest BCUT2D eigenvalue weighted by molar-refractivity contribution is 14.0. The maximum Gasteiger partial charge on any atom is 0.309 e. The lowest BCUT2D eigenvalue weighted by atomic mass is 9.97. The fourth-order valence-corrected chi connectivity index (χ4v) is 3.54. The van der Waals surface area contributed by atoms with Gasteiger partial charge in [0.15, 0.2) is 5.96 Å². The standard InChI is InChI=1S/C21H33N3O5.HI/c1-6-29-20(25)15-8-11-24(12-9-15)21(22-2)23-10-7-17-18(27-4)13-16(26-3)14-19(17)28-5;/h13-15H,6-12H2,1-5H3,(H,22,23);1H. The molecule has 170 valence electrons. The molecule has 0 atom stereocenters. The van der Waals surface area contributed by atoms with Crippen molar-refractivity contribution in [1.82, 2.24) is 10.2 Å². The summed E-state index contributed by atoms with van der Waals surface area (Å²) >= 11 is 0. The minimum Gasteiger partial charge on any atom is -0.496 e. The molecule has 0 radical (unpaired) electrons. The lowest BCUT2D eigenvalue weighted by molar-refractivity contribution is -0.149. The first kappa shape index (κ1) is 26.1. The van der Waals surface area contributed by atoms with E-state index in [-0.39, 0.29) is 35.9 Å². The quantitative estimate of drug-likeness (QED) is 0.237. The number of esters is 1. The molecule has 0 bridgehead atoms. The summed E-state index contributed by atoms with van der Waals surface area (Å²) in [4.78, 5) is 18.5. The first-order valence-electron chi connectivity index (χ1n) is 9.99. The minimum absolute atomic E-state index is 0. The zero-order valence-electron chi connectivity index (χ0n) is 18.5. The van der Waals surface area contributed by atoms with Crippen LogP contribution in [0.25, 0.3) is 0 Å². The van der Waals surface area contributed by atoms with E-state index < -0.39 is 0 Å². The van der Waals surface area contributed by atoms with Crippen molar-refractivity contribution >= 4 is 35.9 Å². The van der Waals surface area contributed by atoms with Gasteiger partial charge in [0.05, 0.1) is 33.9 Å². The van der Waals surface area contributed by atoms with Gasteiger partial charge in [0.1, 0.15) is 17.2 Å². The van der Waals surface area contributed by atoms with Crippen molar-refractivity contribution in [1.29, 1.82) is 0 Å². The van der Waals surface area contributed by atoms with Gasteiger partial charge in [0, 0.05) is 44.4 Å². The van der Waals surface area contributed by atoms with Gasteiger partial charge in [-0.15, -0.1) is 24.0 Å². The molecular weight excluding hydrogens is 501 g/mol. The molecule has 0 aromatic heterocycles. The zero-order chi connectivity index (χ0) is 21.2. The Labute approximate surface area is 196 Å². The Kier molecular flexibility index (Phi) is 11.7. The number of guanidine groups is 1. The number of nitrogens with zero attached hydrogens (tertiary/aromatic N) is 2. The van der Waals surface area contributed by atoms with Gasteiger partial charge in [-0.25, -0.2) is 0 Å². The molecule has 9 heteroatoms. The monoisotopic (exact) mass is 535 g/mol. The van der Waals surface area contributed by atoms with Crippen LogP contribution in [0.1, 0.15) is 25.3 Å². The highest BCUT2D eigenvalue weighted by atomic mass is 127. The molecule has 1 aromatic rings. The summed E-state index contributed by atoms with van der Waals surface area (Å²) in [5.41, 5.74) is 0.972. The molecule has 0 spiro atoms. The van der Waals surface area contributed by atoms with Gasteiger partial charge >= 0.3 is 5.97 Å². The number of hydrogen-bond donors (Lipinski definition) is 1. The van der Waals surface area contributed by atoms with Crippen LogP contribution in [-0.4, -0.2) is 71.4 Å². The molecule has 1 N–H and O–H groups in total. The molecule has 1 aliphatic heterocycles. The first-order chi connectivity index (χ1) is 14.1. The van der Waals surface area contributed by atoms with Crippen LogP contribution in [0.15, 0.2) is 17.1 Å². The van der Waals surface area contributed by atoms with Gasteiger partial charge in [-0.2, -0.15) is 0 Å². The second-order valence-electron chi connectivity index (χ2n) is 6.75. The predicted molar refractivity (Wildman–Crippen MR) is 128 cm³/mol. The summed E-state index contributed by atoms with van der Waals surface area (Å²) in [7, 11) is 6.66. The number of carbonyl (C=O) groups excluding carboxylic acids is 1. The number of aliphatic imine (C=N–C) groups is 1. The maximum absolute atomic E-state index is 11.9. The number of halogens is 1. The first-order valence-corrected chi connectivity index (χ1v) is 9.99. The van der Waals surface area contributed by atoms with Gasteiger partial charge in [-0.05, 0) is 26.2 Å². The second kappa shape index (κ2) is 13.4. The highest BCUT2D eigenvalue weighted by Gasteiger charge is 2.27. The lowest BCUT2D eigenvalue weighted by Gasteiger charge is -2.33. The number of rotatable bonds is 8. The molecule has 0 saturated carbocycles. The third-order valence-corrected chi connectivity index (χ3v) is 5.10. The molecule has 1 aliphatic rings. The number of piperidine rings is 1. The topological polar surface area (TPSA) is 81.6 Å². The van der Waals surface area contributed by atoms with E-state index in [1.165, 1.54) is 0 Å². The molecular formula is C21H34IN3O5. The Hall–Kier alpha value is -1.91. The fraction of sp³-hybridized carbons (Fsp3) is 0.619. The average Bonchev–Trinajstić information content (AvgIpc) is 2.76. The van der Waals surface area contributed by atoms with Gasteiger partial charge in [0.2, 0.25) is 0 Å². The number of nitrogens with one attached hydrogen (secondary N) is 1. The smallest absolute Gasteiger partial charge is 0.309 e. The number of hydrogen-bond acceptors (Lipinski definition) is 6. The number of methoxy groups -OCH3 is 3. The molecule has 0 unspecified atom stereocenters. The van der Waals surface area contributed by atoms with Crippen LogP contribution in [0.5, 0.6) is 17.2 Å². The van der Waals surface area contributed by atoms with Crippen LogP contribution in [-0.2, 0) is 16.0 Å². The van der Waals surface area contributed by atoms with Crippen molar-refractivity contribution in [3.05, 3.63) is 17.7 Å². The number of ether oxygens (including phenoxy) is 4. The average molecular weight is 535 g/mol. The molecule has 0 aliphatic carbocycles. The van der Waals surface area contributed by atoms with E-state index in [9.17, 15) is 4.79 Å². The van der Waals surface area contributed by atoms with E-state index in [0.717, 1.165) is 49.0 Å². The van der Waals surface area contributed by atoms with Gasteiger partial charge in [0.25, 0.3) is 0 Å². The number of likely N-dealkylation sites (tertiary alicyclic amines) is 1. The van der Waals surface area contributed by atoms with Crippen molar-refractivity contribution < 1.29 is 23.7 Å². The Balaban J connectivity index is 0.00000450. The molecule has 1 saturated heterocycles. The molecule has 2 rings (SSSR count).